The monoisotopic (exact) mass is 568 g/mol. The van der Waals surface area contributed by atoms with E-state index >= 15 is 0 Å². The molecule has 11 heteroatoms. The molecule has 4 rings (SSSR count). The van der Waals surface area contributed by atoms with Crippen molar-refractivity contribution in [1.29, 1.82) is 0 Å². The lowest BCUT2D eigenvalue weighted by Gasteiger charge is -2.33. The maximum atomic E-state index is 14.8. The fraction of sp³-hybridized carbons (Fsp3) is 0.233. The van der Waals surface area contributed by atoms with Crippen molar-refractivity contribution < 1.29 is 37.1 Å². The van der Waals surface area contributed by atoms with Gasteiger partial charge in [-0.15, -0.1) is 0 Å². The lowest BCUT2D eigenvalue weighted by Crippen LogP contribution is -2.46. The molecule has 1 aromatic heterocycles. The molecule has 3 aromatic carbocycles. The van der Waals surface area contributed by atoms with E-state index in [0.29, 0.717) is 11.1 Å². The highest BCUT2D eigenvalue weighted by molar-refractivity contribution is 6.01. The molecular weight excluding hydrogens is 544 g/mol. The summed E-state index contributed by atoms with van der Waals surface area (Å²) in [5.74, 6) is 2.77. The number of benzene rings is 3. The first-order valence-electron chi connectivity index (χ1n) is 12.2. The second kappa shape index (κ2) is 10.7. The van der Waals surface area contributed by atoms with E-state index in [1.807, 2.05) is 0 Å². The summed E-state index contributed by atoms with van der Waals surface area (Å²) in [6.07, 6.45) is -5.08. The molecule has 0 saturated carbocycles. The van der Waals surface area contributed by atoms with Gasteiger partial charge < -0.3 is 20.1 Å². The summed E-state index contributed by atoms with van der Waals surface area (Å²) in [5.41, 5.74) is -5.03. The standard InChI is InChI=1S/C30H24F4N2O5/c1-17-22-15-20(11-12-21(22)26(38)41-36-17)35-27(39)29(40,14-13-18-7-9-19(10-8-18)30(32,33)34)16-28(2,3)25-23(31)5-4-6-24(25)37/h4-12,15,37,40H,16H2,1-3H3,(H,35,39). The lowest BCUT2D eigenvalue weighted by atomic mass is 9.74. The Morgan fingerprint density at radius 2 is 1.73 bits per heavy atom. The zero-order valence-corrected chi connectivity index (χ0v) is 22.1. The molecular formula is C30H24F4N2O5. The first-order valence-corrected chi connectivity index (χ1v) is 12.2. The number of fused-ring (bicyclic) bond motifs is 1. The number of hydrogen-bond donors (Lipinski definition) is 3. The molecule has 1 atom stereocenters. The van der Waals surface area contributed by atoms with Crippen LogP contribution in [0.1, 0.15) is 42.7 Å². The number of carbonyl (C=O) groups excluding carboxylic acids is 1. The minimum Gasteiger partial charge on any atom is -0.508 e. The van der Waals surface area contributed by atoms with Crippen LogP contribution in [0.3, 0.4) is 0 Å². The Kier molecular flexibility index (Phi) is 7.65. The number of amides is 1. The van der Waals surface area contributed by atoms with E-state index in [-0.39, 0.29) is 22.2 Å². The van der Waals surface area contributed by atoms with E-state index in [1.54, 1.807) is 6.92 Å². The van der Waals surface area contributed by atoms with Gasteiger partial charge in [0.1, 0.15) is 11.6 Å². The highest BCUT2D eigenvalue weighted by Gasteiger charge is 2.43. The summed E-state index contributed by atoms with van der Waals surface area (Å²) in [4.78, 5) is 25.5. The van der Waals surface area contributed by atoms with Gasteiger partial charge in [-0.2, -0.15) is 13.2 Å². The molecule has 0 bridgehead atoms. The second-order valence-corrected chi connectivity index (χ2v) is 10.1. The van der Waals surface area contributed by atoms with Crippen molar-refractivity contribution in [3.05, 3.63) is 99.3 Å². The number of phenolic OH excluding ortho intramolecular Hbond substituents is 1. The van der Waals surface area contributed by atoms with Crippen molar-refractivity contribution in [2.75, 3.05) is 5.32 Å². The Bertz CT molecular complexity index is 1730. The number of rotatable bonds is 5. The van der Waals surface area contributed by atoms with Crippen LogP contribution in [0.15, 0.2) is 70.0 Å². The minimum atomic E-state index is -4.56. The largest absolute Gasteiger partial charge is 0.508 e. The van der Waals surface area contributed by atoms with Crippen LogP contribution in [0.4, 0.5) is 23.2 Å². The molecule has 1 heterocycles. The number of hydrogen-bond acceptors (Lipinski definition) is 6. The fourth-order valence-electron chi connectivity index (χ4n) is 4.55. The molecule has 3 N–H and O–H groups in total. The number of aromatic nitrogens is 1. The first kappa shape index (κ1) is 29.3. The van der Waals surface area contributed by atoms with E-state index in [1.165, 1.54) is 44.2 Å². The van der Waals surface area contributed by atoms with E-state index in [4.69, 9.17) is 4.52 Å². The predicted octanol–water partition coefficient (Wildman–Crippen LogP) is 5.45. The molecule has 0 saturated heterocycles. The third-order valence-electron chi connectivity index (χ3n) is 6.52. The average molecular weight is 569 g/mol. The van der Waals surface area contributed by atoms with Gasteiger partial charge in [-0.3, -0.25) is 4.79 Å². The smallest absolute Gasteiger partial charge is 0.416 e. The second-order valence-electron chi connectivity index (χ2n) is 10.1. The molecule has 0 radical (unpaired) electrons. The molecule has 0 aliphatic carbocycles. The van der Waals surface area contributed by atoms with Crippen LogP contribution in [-0.2, 0) is 16.4 Å². The van der Waals surface area contributed by atoms with Crippen molar-refractivity contribution in [2.45, 2.75) is 44.4 Å². The number of anilines is 1. The van der Waals surface area contributed by atoms with Crippen molar-refractivity contribution in [2.24, 2.45) is 0 Å². The molecule has 0 aliphatic rings. The summed E-state index contributed by atoms with van der Waals surface area (Å²) < 4.78 is 58.3. The van der Waals surface area contributed by atoms with Gasteiger partial charge in [0.25, 0.3) is 5.91 Å². The minimum absolute atomic E-state index is 0.0786. The molecule has 0 spiro atoms. The molecule has 0 fully saturated rings. The molecule has 7 nitrogen and oxygen atoms in total. The first-order chi connectivity index (χ1) is 19.1. The summed E-state index contributed by atoms with van der Waals surface area (Å²) in [6.45, 7) is 4.58. The van der Waals surface area contributed by atoms with Crippen LogP contribution >= 0.6 is 0 Å². The highest BCUT2D eigenvalue weighted by atomic mass is 19.4. The zero-order chi connectivity index (χ0) is 30.2. The van der Waals surface area contributed by atoms with E-state index in [2.05, 4.69) is 22.3 Å². The number of nitrogens with one attached hydrogen (secondary N) is 1. The SMILES string of the molecule is Cc1noc(=O)c2ccc(NC(=O)C(O)(C#Cc3ccc(C(F)(F)F)cc3)CC(C)(C)c3c(O)cccc3F)cc12. The van der Waals surface area contributed by atoms with Crippen LogP contribution in [0.2, 0.25) is 0 Å². The van der Waals surface area contributed by atoms with Crippen molar-refractivity contribution >= 4 is 22.4 Å². The topological polar surface area (TPSA) is 113 Å². The Morgan fingerprint density at radius 1 is 1.05 bits per heavy atom. The van der Waals surface area contributed by atoms with Gasteiger partial charge in [0.2, 0.25) is 5.60 Å². The third kappa shape index (κ3) is 6.23. The number of carbonyl (C=O) groups is 1. The van der Waals surface area contributed by atoms with Crippen LogP contribution in [0.5, 0.6) is 5.75 Å². The molecule has 212 valence electrons. The number of nitrogens with zero attached hydrogens (tertiary/aromatic N) is 1. The maximum absolute atomic E-state index is 14.8. The Hall–Kier alpha value is -4.69. The van der Waals surface area contributed by atoms with E-state index in [0.717, 1.165) is 30.3 Å². The molecule has 41 heavy (non-hydrogen) atoms. The Balaban J connectivity index is 1.75. The highest BCUT2D eigenvalue weighted by Crippen LogP contribution is 2.39. The van der Waals surface area contributed by atoms with Gasteiger partial charge in [0, 0.05) is 34.0 Å². The van der Waals surface area contributed by atoms with Crippen LogP contribution in [0, 0.1) is 24.6 Å². The Morgan fingerprint density at radius 3 is 2.37 bits per heavy atom. The average Bonchev–Trinajstić information content (AvgIpc) is 2.89. The molecule has 0 aliphatic heterocycles. The Labute approximate surface area is 231 Å². The molecule has 1 amide bonds. The molecule has 4 aromatic rings. The van der Waals surface area contributed by atoms with E-state index < -0.39 is 52.3 Å². The number of aromatic hydroxyl groups is 1. The van der Waals surface area contributed by atoms with Gasteiger partial charge in [-0.05, 0) is 61.5 Å². The quantitative estimate of drug-likeness (QED) is 0.218. The van der Waals surface area contributed by atoms with E-state index in [9.17, 15) is 37.4 Å². The van der Waals surface area contributed by atoms with Crippen molar-refractivity contribution in [3.8, 4) is 17.6 Å². The summed E-state index contributed by atoms with van der Waals surface area (Å²) in [6, 6.07) is 11.7. The summed E-state index contributed by atoms with van der Waals surface area (Å²) in [7, 11) is 0. The van der Waals surface area contributed by atoms with Gasteiger partial charge in [-0.1, -0.05) is 36.9 Å². The summed E-state index contributed by atoms with van der Waals surface area (Å²) in [5, 5.41) is 28.8. The van der Waals surface area contributed by atoms with Crippen molar-refractivity contribution in [1.82, 2.24) is 5.16 Å². The van der Waals surface area contributed by atoms with Gasteiger partial charge >= 0.3 is 11.8 Å². The van der Waals surface area contributed by atoms with Gasteiger partial charge in [-0.25, -0.2) is 9.18 Å². The van der Waals surface area contributed by atoms with Gasteiger partial charge in [0.15, 0.2) is 0 Å². The zero-order valence-electron chi connectivity index (χ0n) is 22.1. The number of phenols is 1. The predicted molar refractivity (Wildman–Crippen MR) is 143 cm³/mol. The molecule has 1 unspecified atom stereocenters. The van der Waals surface area contributed by atoms with Gasteiger partial charge in [0.05, 0.1) is 16.6 Å². The normalized spacial score (nSPS) is 13.3. The number of aryl methyl sites for hydroxylation is 1. The third-order valence-corrected chi connectivity index (χ3v) is 6.52. The fourth-order valence-corrected chi connectivity index (χ4v) is 4.55. The number of aliphatic hydroxyl groups is 1. The summed E-state index contributed by atoms with van der Waals surface area (Å²) >= 11 is 0. The number of alkyl halides is 3. The lowest BCUT2D eigenvalue weighted by molar-refractivity contribution is -0.137. The van der Waals surface area contributed by atoms with Crippen LogP contribution in [-0.4, -0.2) is 26.9 Å². The van der Waals surface area contributed by atoms with Crippen molar-refractivity contribution in [3.63, 3.8) is 0 Å². The maximum Gasteiger partial charge on any atom is 0.416 e. The number of halogens is 4. The van der Waals surface area contributed by atoms with Crippen LogP contribution in [0.25, 0.3) is 10.8 Å². The van der Waals surface area contributed by atoms with Crippen LogP contribution < -0.4 is 10.9 Å².